The van der Waals surface area contributed by atoms with Crippen LogP contribution in [0.2, 0.25) is 0 Å². The Morgan fingerprint density at radius 3 is 2.48 bits per heavy atom. The lowest BCUT2D eigenvalue weighted by Crippen LogP contribution is -2.19. The van der Waals surface area contributed by atoms with Gasteiger partial charge in [0.15, 0.2) is 0 Å². The number of carboxylic acid groups (broad SMARTS) is 1. The van der Waals surface area contributed by atoms with Crippen molar-refractivity contribution in [2.45, 2.75) is 53.9 Å². The van der Waals surface area contributed by atoms with Gasteiger partial charge in [-0.1, -0.05) is 55.4 Å². The van der Waals surface area contributed by atoms with Crippen molar-refractivity contribution in [3.63, 3.8) is 0 Å². The highest BCUT2D eigenvalue weighted by Gasteiger charge is 2.26. The number of rotatable bonds is 5. The minimum atomic E-state index is -1.53. The van der Waals surface area contributed by atoms with Crippen molar-refractivity contribution in [2.24, 2.45) is 5.41 Å². The molecule has 0 aromatic heterocycles. The van der Waals surface area contributed by atoms with E-state index in [0.29, 0.717) is 0 Å². The Labute approximate surface area is 138 Å². The minimum Gasteiger partial charge on any atom is -0.476 e. The van der Waals surface area contributed by atoms with Crippen LogP contribution in [0.4, 0.5) is 4.39 Å². The Morgan fingerprint density at radius 1 is 1.26 bits per heavy atom. The van der Waals surface area contributed by atoms with E-state index >= 15 is 0 Å². The van der Waals surface area contributed by atoms with Crippen LogP contribution in [0.5, 0.6) is 0 Å². The van der Waals surface area contributed by atoms with Crippen LogP contribution in [0.1, 0.15) is 53.9 Å². The zero-order valence-corrected chi connectivity index (χ0v) is 14.7. The molecule has 2 nitrogen and oxygen atoms in total. The summed E-state index contributed by atoms with van der Waals surface area (Å²) in [5, 5.41) is 8.56. The zero-order chi connectivity index (χ0) is 17.6. The first-order chi connectivity index (χ1) is 10.6. The Hall–Kier alpha value is -1.90. The molecule has 0 saturated carbocycles. The van der Waals surface area contributed by atoms with E-state index < -0.39 is 11.8 Å². The van der Waals surface area contributed by atoms with Gasteiger partial charge in [0.2, 0.25) is 5.83 Å². The molecular formula is C20H27FO2. The smallest absolute Gasteiger partial charge is 0.365 e. The van der Waals surface area contributed by atoms with Crippen molar-refractivity contribution >= 4 is 5.97 Å². The second kappa shape index (κ2) is 8.09. The van der Waals surface area contributed by atoms with E-state index in [2.05, 4.69) is 32.9 Å². The molecule has 1 aliphatic carbocycles. The van der Waals surface area contributed by atoms with Crippen LogP contribution in [0.3, 0.4) is 0 Å². The Bertz CT molecular complexity index is 614. The molecule has 1 rings (SSSR count). The molecule has 0 atom stereocenters. The highest BCUT2D eigenvalue weighted by molar-refractivity contribution is 5.85. The fraction of sp³-hybridized carbons (Fsp3) is 0.450. The number of hydrogen-bond acceptors (Lipinski definition) is 1. The van der Waals surface area contributed by atoms with Crippen molar-refractivity contribution in [2.75, 3.05) is 0 Å². The fourth-order valence-electron chi connectivity index (χ4n) is 2.87. The minimum absolute atomic E-state index is 0.109. The van der Waals surface area contributed by atoms with Crippen LogP contribution in [0, 0.1) is 5.41 Å². The molecule has 0 amide bonds. The third-order valence-electron chi connectivity index (χ3n) is 4.29. The van der Waals surface area contributed by atoms with Crippen molar-refractivity contribution in [3.05, 3.63) is 58.5 Å². The first-order valence-electron chi connectivity index (χ1n) is 7.98. The number of halogens is 1. The highest BCUT2D eigenvalue weighted by Crippen LogP contribution is 2.40. The Morgan fingerprint density at radius 2 is 1.91 bits per heavy atom. The highest BCUT2D eigenvalue weighted by atomic mass is 19.1. The molecule has 0 spiro atoms. The van der Waals surface area contributed by atoms with Gasteiger partial charge in [0.1, 0.15) is 0 Å². The van der Waals surface area contributed by atoms with Crippen LogP contribution in [0.15, 0.2) is 58.5 Å². The van der Waals surface area contributed by atoms with Crippen LogP contribution in [0.25, 0.3) is 0 Å². The summed E-state index contributed by atoms with van der Waals surface area (Å²) in [5.74, 6) is -2.65. The molecule has 0 saturated heterocycles. The molecule has 1 aliphatic rings. The molecule has 0 aliphatic heterocycles. The second-order valence-electron chi connectivity index (χ2n) is 6.84. The van der Waals surface area contributed by atoms with E-state index in [0.717, 1.165) is 12.0 Å². The van der Waals surface area contributed by atoms with Gasteiger partial charge in [0.25, 0.3) is 0 Å². The maximum absolute atomic E-state index is 13.2. The molecule has 0 heterocycles. The lowest BCUT2D eigenvalue weighted by atomic mass is 9.72. The molecule has 23 heavy (non-hydrogen) atoms. The normalized spacial score (nSPS) is 20.3. The third-order valence-corrected chi connectivity index (χ3v) is 4.29. The van der Waals surface area contributed by atoms with Gasteiger partial charge < -0.3 is 5.11 Å². The van der Waals surface area contributed by atoms with E-state index in [9.17, 15) is 9.18 Å². The largest absolute Gasteiger partial charge is 0.476 e. The number of hydrogen-bond donors (Lipinski definition) is 1. The third kappa shape index (κ3) is 5.66. The van der Waals surface area contributed by atoms with Gasteiger partial charge in [-0.05, 0) is 56.6 Å². The van der Waals surface area contributed by atoms with Crippen LogP contribution in [-0.4, -0.2) is 11.1 Å². The second-order valence-corrected chi connectivity index (χ2v) is 6.84. The summed E-state index contributed by atoms with van der Waals surface area (Å²) in [4.78, 5) is 10.5. The van der Waals surface area contributed by atoms with Crippen molar-refractivity contribution < 1.29 is 14.3 Å². The predicted molar refractivity (Wildman–Crippen MR) is 93.8 cm³/mol. The summed E-state index contributed by atoms with van der Waals surface area (Å²) in [7, 11) is 0. The van der Waals surface area contributed by atoms with Crippen LogP contribution >= 0.6 is 0 Å². The maximum atomic E-state index is 13.2. The van der Waals surface area contributed by atoms with E-state index in [1.165, 1.54) is 37.0 Å². The molecular weight excluding hydrogens is 291 g/mol. The molecule has 0 bridgehead atoms. The van der Waals surface area contributed by atoms with Gasteiger partial charge in [-0.15, -0.1) is 0 Å². The van der Waals surface area contributed by atoms with Crippen LogP contribution < -0.4 is 0 Å². The van der Waals surface area contributed by atoms with Gasteiger partial charge in [-0.25, -0.2) is 4.79 Å². The SMILES string of the molecule is CC(C=CC1=C(C)CCCC1(C)C)=CC=CC(C)=C(F)C(=O)O. The van der Waals surface area contributed by atoms with Crippen molar-refractivity contribution in [1.82, 2.24) is 0 Å². The summed E-state index contributed by atoms with van der Waals surface area (Å²) in [6.07, 6.45) is 12.8. The predicted octanol–water partition coefficient (Wildman–Crippen LogP) is 5.90. The average molecular weight is 318 g/mol. The molecule has 0 fully saturated rings. The molecule has 126 valence electrons. The van der Waals surface area contributed by atoms with Crippen molar-refractivity contribution in [3.8, 4) is 0 Å². The number of allylic oxidation sites excluding steroid dienone is 9. The standard InChI is InChI=1S/C20H27FO2/c1-14(8-6-9-16(3)18(21)19(22)23)11-12-17-15(2)10-7-13-20(17,4)5/h6,8-9,11-12H,7,10,13H2,1-5H3,(H,22,23). The molecule has 0 unspecified atom stereocenters. The van der Waals surface area contributed by atoms with Gasteiger partial charge in [-0.3, -0.25) is 0 Å². The molecule has 0 aromatic carbocycles. The number of carboxylic acids is 1. The summed E-state index contributed by atoms with van der Waals surface area (Å²) < 4.78 is 13.2. The molecule has 0 aromatic rings. The maximum Gasteiger partial charge on any atom is 0.365 e. The van der Waals surface area contributed by atoms with E-state index in [4.69, 9.17) is 5.11 Å². The topological polar surface area (TPSA) is 37.3 Å². The van der Waals surface area contributed by atoms with E-state index in [-0.39, 0.29) is 11.0 Å². The summed E-state index contributed by atoms with van der Waals surface area (Å²) >= 11 is 0. The van der Waals surface area contributed by atoms with Gasteiger partial charge in [-0.2, -0.15) is 4.39 Å². The average Bonchev–Trinajstić information content (AvgIpc) is 2.44. The molecule has 3 heteroatoms. The first-order valence-corrected chi connectivity index (χ1v) is 7.98. The zero-order valence-electron chi connectivity index (χ0n) is 14.7. The Balaban J connectivity index is 2.85. The van der Waals surface area contributed by atoms with Crippen LogP contribution in [-0.2, 0) is 4.79 Å². The quantitative estimate of drug-likeness (QED) is 0.506. The van der Waals surface area contributed by atoms with E-state index in [1.807, 2.05) is 13.0 Å². The Kier molecular flexibility index (Phi) is 6.74. The summed E-state index contributed by atoms with van der Waals surface area (Å²) in [5.41, 5.74) is 4.19. The van der Waals surface area contributed by atoms with Crippen molar-refractivity contribution in [1.29, 1.82) is 0 Å². The summed E-state index contributed by atoms with van der Waals surface area (Å²) in [6, 6.07) is 0. The lowest BCUT2D eigenvalue weighted by molar-refractivity contribution is -0.134. The van der Waals surface area contributed by atoms with Gasteiger partial charge >= 0.3 is 5.97 Å². The monoisotopic (exact) mass is 318 g/mol. The van der Waals surface area contributed by atoms with Gasteiger partial charge in [0, 0.05) is 0 Å². The molecule has 1 N–H and O–H groups in total. The number of aliphatic carboxylic acids is 1. The molecule has 0 radical (unpaired) electrons. The first kappa shape index (κ1) is 19.1. The number of carbonyl (C=O) groups is 1. The van der Waals surface area contributed by atoms with Gasteiger partial charge in [0.05, 0.1) is 0 Å². The van der Waals surface area contributed by atoms with E-state index in [1.54, 1.807) is 6.08 Å². The fourth-order valence-corrected chi connectivity index (χ4v) is 2.87. The summed E-state index contributed by atoms with van der Waals surface area (Å²) in [6.45, 7) is 10.2. The lowest BCUT2D eigenvalue weighted by Gasteiger charge is -2.32.